The van der Waals surface area contributed by atoms with Crippen molar-refractivity contribution in [3.05, 3.63) is 119 Å². The molecule has 0 spiro atoms. The molecule has 12 rings (SSSR count). The standard InChI is InChI=1S/C108H158F6N10O14/c1-79(105(127)128)103(85-37-38-85)88-41-35-81-43-48-96(135-99(81)73-88)83-51-59-121(60-52-83)75-90-72-92(137-107(109,110)111)46-47-93(90)95-78-124(120-118-95)58-32-28-24-20-16-12-8-4-6-10-14-18-22-26-30-34-102(126)116-56-64-132-66-68-134-70-69-133-67-65-131-63-55-115-101(125)33-29-25-21-17-13-9-5-3-7-11-15-19-23-27-31-57-123-77-94(117-119-123)87-45-50-98(138-108(112,113)114)91(71-87)76-122-61-53-84(54-62-122)97-49-44-82-36-42-89(74-100(82)136-97)104(86-39-40-86)80(2)106(129)130/h35-36,41-42,45-47,50,71-74,77-80,83-86,96-97,103-104H,3-34,37-40,43-44,48-49,51-70,75-76H2,1-2H3,(H,115,125)(H,116,126)(H,127,128)(H,129,130)/t79-,80-,96+,97+,103-,104-/m0/s1. The number of aliphatic carboxylic acids is 2. The average molecular weight is 1930 g/mol. The zero-order valence-corrected chi connectivity index (χ0v) is 82.3. The first kappa shape index (κ1) is 108. The summed E-state index contributed by atoms with van der Waals surface area (Å²) in [6.07, 6.45) is 41.7. The van der Waals surface area contributed by atoms with E-state index >= 15 is 0 Å². The first-order chi connectivity index (χ1) is 67.0. The topological polar surface area (TPSA) is 275 Å². The number of fused-ring (bicyclic) bond motifs is 2. The molecule has 6 aliphatic rings. The van der Waals surface area contributed by atoms with Gasteiger partial charge in [-0.05, 0) is 241 Å². The molecule has 138 heavy (non-hydrogen) atoms. The maximum absolute atomic E-state index is 13.7. The van der Waals surface area contributed by atoms with E-state index in [9.17, 15) is 55.7 Å². The second kappa shape index (κ2) is 58.2. The molecule has 4 fully saturated rings. The number of carbonyl (C=O) groups excluding carboxylic acids is 2. The highest BCUT2D eigenvalue weighted by molar-refractivity contribution is 5.76. The van der Waals surface area contributed by atoms with E-state index in [4.69, 9.17) is 28.4 Å². The number of piperidine rings is 2. The fourth-order valence-electron chi connectivity index (χ4n) is 21.0. The van der Waals surface area contributed by atoms with Crippen LogP contribution in [-0.4, -0.2) is 191 Å². The van der Waals surface area contributed by atoms with Gasteiger partial charge in [0.2, 0.25) is 11.8 Å². The van der Waals surface area contributed by atoms with Gasteiger partial charge in [-0.1, -0.05) is 215 Å². The van der Waals surface area contributed by atoms with Crippen LogP contribution in [0, 0.1) is 35.5 Å². The number of rotatable bonds is 69. The highest BCUT2D eigenvalue weighted by Crippen LogP contribution is 2.51. The van der Waals surface area contributed by atoms with Crippen molar-refractivity contribution < 1.29 is 93.6 Å². The number of amides is 2. The van der Waals surface area contributed by atoms with Crippen molar-refractivity contribution in [2.24, 2.45) is 35.5 Å². The third kappa shape index (κ3) is 38.4. The highest BCUT2D eigenvalue weighted by Gasteiger charge is 2.43. The van der Waals surface area contributed by atoms with Gasteiger partial charge in [-0.15, -0.1) is 36.5 Å². The summed E-state index contributed by atoms with van der Waals surface area (Å²) in [6, 6.07) is 21.9. The number of hydrogen-bond donors (Lipinski definition) is 4. The number of unbranched alkanes of at least 4 members (excludes halogenated alkanes) is 28. The average Bonchev–Trinajstić information content (AvgIpc) is 1.22. The van der Waals surface area contributed by atoms with Crippen LogP contribution in [-0.2, 0) is 77.1 Å². The van der Waals surface area contributed by atoms with E-state index < -0.39 is 36.5 Å². The van der Waals surface area contributed by atoms with Crippen LogP contribution in [0.3, 0.4) is 0 Å². The fraction of sp³-hybridized carbons (Fsp3) is 0.704. The van der Waals surface area contributed by atoms with Gasteiger partial charge in [0, 0.05) is 68.8 Å². The molecule has 6 heterocycles. The number of nitrogens with one attached hydrogen (secondary N) is 2. The molecular formula is C108H158F6N10O14. The van der Waals surface area contributed by atoms with E-state index in [-0.39, 0.29) is 47.4 Å². The molecule has 24 nitrogen and oxygen atoms in total. The quantitative estimate of drug-likeness (QED) is 0.0204. The van der Waals surface area contributed by atoms with Crippen LogP contribution in [0.1, 0.15) is 329 Å². The molecular weight excluding hydrogens is 1780 g/mol. The summed E-state index contributed by atoms with van der Waals surface area (Å²) in [5.74, 6) is 0.297. The Morgan fingerprint density at radius 1 is 0.420 bits per heavy atom. The Kier molecular flexibility index (Phi) is 45.7. The third-order valence-electron chi connectivity index (χ3n) is 29.2. The number of hydrogen-bond acceptors (Lipinski definition) is 18. The van der Waals surface area contributed by atoms with Crippen molar-refractivity contribution in [2.75, 3.05) is 92.1 Å². The number of halogens is 6. The molecule has 30 heteroatoms. The van der Waals surface area contributed by atoms with Crippen molar-refractivity contribution in [1.82, 2.24) is 50.4 Å². The van der Waals surface area contributed by atoms with Gasteiger partial charge in [-0.2, -0.15) is 0 Å². The Morgan fingerprint density at radius 3 is 1.20 bits per heavy atom. The minimum Gasteiger partial charge on any atom is -0.490 e. The van der Waals surface area contributed by atoms with Gasteiger partial charge in [0.05, 0.1) is 77.1 Å². The normalized spacial score (nSPS) is 17.7. The van der Waals surface area contributed by atoms with Crippen LogP contribution in [0.2, 0.25) is 0 Å². The number of aryl methyl sites for hydroxylation is 4. The van der Waals surface area contributed by atoms with Crippen molar-refractivity contribution >= 4 is 23.8 Å². The highest BCUT2D eigenvalue weighted by atomic mass is 19.4. The van der Waals surface area contributed by atoms with E-state index in [0.717, 1.165) is 220 Å². The predicted octanol–water partition coefficient (Wildman–Crippen LogP) is 23.1. The molecule has 766 valence electrons. The number of ether oxygens (including phenoxy) is 8. The number of alkyl halides is 6. The maximum atomic E-state index is 13.7. The third-order valence-corrected chi connectivity index (χ3v) is 29.2. The van der Waals surface area contributed by atoms with Gasteiger partial charge in [-0.3, -0.25) is 38.3 Å². The van der Waals surface area contributed by atoms with E-state index in [0.29, 0.717) is 157 Å². The first-order valence-corrected chi connectivity index (χ1v) is 52.9. The van der Waals surface area contributed by atoms with Crippen molar-refractivity contribution in [2.45, 2.75) is 359 Å². The number of benzene rings is 4. The summed E-state index contributed by atoms with van der Waals surface area (Å²) in [4.78, 5) is 53.2. The van der Waals surface area contributed by atoms with E-state index in [2.05, 4.69) is 86.9 Å². The zero-order valence-electron chi connectivity index (χ0n) is 82.3. The van der Waals surface area contributed by atoms with E-state index in [1.54, 1.807) is 25.1 Å². The monoisotopic (exact) mass is 1930 g/mol. The second-order valence-electron chi connectivity index (χ2n) is 40.1. The Bertz CT molecular complexity index is 4570. The summed E-state index contributed by atoms with van der Waals surface area (Å²) >= 11 is 0. The molecule has 2 saturated heterocycles. The van der Waals surface area contributed by atoms with Crippen LogP contribution < -0.4 is 29.6 Å². The van der Waals surface area contributed by atoms with Gasteiger partial charge in [0.1, 0.15) is 46.6 Å². The summed E-state index contributed by atoms with van der Waals surface area (Å²) in [6.45, 7) is 13.3. The molecule has 0 unspecified atom stereocenters. The lowest BCUT2D eigenvalue weighted by Gasteiger charge is -2.38. The van der Waals surface area contributed by atoms with Gasteiger partial charge in [0.25, 0.3) is 0 Å². The molecule has 2 aliphatic carbocycles. The van der Waals surface area contributed by atoms with Crippen LogP contribution in [0.15, 0.2) is 85.2 Å². The molecule has 0 radical (unpaired) electrons. The lowest BCUT2D eigenvalue weighted by Crippen LogP contribution is -2.40. The Balaban J connectivity index is 0.376. The van der Waals surface area contributed by atoms with Gasteiger partial charge in [0.15, 0.2) is 0 Å². The number of nitrogens with zero attached hydrogens (tertiary/aromatic N) is 8. The van der Waals surface area contributed by atoms with Crippen molar-refractivity contribution in [3.63, 3.8) is 0 Å². The van der Waals surface area contributed by atoms with E-state index in [1.165, 1.54) is 134 Å². The SMILES string of the molecule is C[C@H](C(=O)O)[C@H](c1ccc2c(c1)O[C@@H](C1CCN(Cc3cc(-c4cn(CCCCCCCCCCCCCCCCCC(=O)NCCOCCOCCOCCOCCNC(=O)CCCCCCCCCCCCCCCCCn5cc(-c6ccc(OC(F)(F)F)cc6CN6CCC([C@H]7CCc8ccc([C@H](C9CC9)[C@H](C)C(=O)O)cc8O7)CC6)nn5)nn4)ccc3OC(F)(F)F)CC1)CC2)C1CC1. The van der Waals surface area contributed by atoms with Gasteiger partial charge < -0.3 is 58.7 Å². The second-order valence-corrected chi connectivity index (χ2v) is 40.1. The summed E-state index contributed by atoms with van der Waals surface area (Å²) in [5, 5.41) is 43.3. The number of carboxylic acid groups (broad SMARTS) is 2. The van der Waals surface area contributed by atoms with Crippen LogP contribution in [0.25, 0.3) is 22.5 Å². The van der Waals surface area contributed by atoms with Crippen LogP contribution in [0.5, 0.6) is 23.0 Å². The Labute approximate surface area is 814 Å². The molecule has 2 amide bonds. The number of carbonyl (C=O) groups is 4. The molecule has 4 N–H and O–H groups in total. The summed E-state index contributed by atoms with van der Waals surface area (Å²) < 4.78 is 130. The molecule has 6 atom stereocenters. The maximum Gasteiger partial charge on any atom is 0.573 e. The van der Waals surface area contributed by atoms with Crippen molar-refractivity contribution in [3.8, 4) is 45.5 Å². The van der Waals surface area contributed by atoms with Gasteiger partial charge in [-0.25, -0.2) is 0 Å². The largest absolute Gasteiger partial charge is 0.573 e. The minimum absolute atomic E-state index is 0.0241. The summed E-state index contributed by atoms with van der Waals surface area (Å²) in [7, 11) is 0. The van der Waals surface area contributed by atoms with Gasteiger partial charge >= 0.3 is 24.7 Å². The lowest BCUT2D eigenvalue weighted by molar-refractivity contribution is -0.275. The lowest BCUT2D eigenvalue weighted by atomic mass is 9.81. The number of aromatic nitrogens is 6. The molecule has 6 aromatic rings. The molecule has 4 aliphatic heterocycles. The van der Waals surface area contributed by atoms with Crippen molar-refractivity contribution in [1.29, 1.82) is 0 Å². The van der Waals surface area contributed by atoms with Crippen LogP contribution in [0.4, 0.5) is 26.3 Å². The summed E-state index contributed by atoms with van der Waals surface area (Å²) in [5.41, 5.74) is 8.25. The van der Waals surface area contributed by atoms with E-state index in [1.807, 2.05) is 28.7 Å². The molecule has 2 aromatic heterocycles. The molecule has 0 bridgehead atoms. The minimum atomic E-state index is -4.83. The first-order valence-electron chi connectivity index (χ1n) is 52.9. The zero-order chi connectivity index (χ0) is 97.1. The number of likely N-dealkylation sites (tertiary alicyclic amines) is 2. The number of carboxylic acids is 2. The van der Waals surface area contributed by atoms with Crippen LogP contribution >= 0.6 is 0 Å². The fourth-order valence-corrected chi connectivity index (χ4v) is 21.0. The molecule has 4 aromatic carbocycles. The Hall–Kier alpha value is -8.42. The Morgan fingerprint density at radius 2 is 0.797 bits per heavy atom. The predicted molar refractivity (Wildman–Crippen MR) is 520 cm³/mol. The smallest absolute Gasteiger partial charge is 0.490 e. The molecule has 2 saturated carbocycles.